The third-order valence-electron chi connectivity index (χ3n) is 2.31. The summed E-state index contributed by atoms with van der Waals surface area (Å²) < 4.78 is 1.89. The van der Waals surface area contributed by atoms with Gasteiger partial charge in [-0.25, -0.2) is 0 Å². The molecule has 0 radical (unpaired) electrons. The van der Waals surface area contributed by atoms with Gasteiger partial charge in [0.1, 0.15) is 0 Å². The summed E-state index contributed by atoms with van der Waals surface area (Å²) in [5.41, 5.74) is 3.31. The van der Waals surface area contributed by atoms with Crippen molar-refractivity contribution in [2.45, 2.75) is 20.4 Å². The molecule has 3 heteroatoms. The highest BCUT2D eigenvalue weighted by molar-refractivity contribution is 6.31. The molecule has 0 atom stereocenters. The van der Waals surface area contributed by atoms with Gasteiger partial charge in [0.25, 0.3) is 0 Å². The van der Waals surface area contributed by atoms with Crippen LogP contribution in [0.15, 0.2) is 30.5 Å². The van der Waals surface area contributed by atoms with Gasteiger partial charge >= 0.3 is 0 Å². The summed E-state index contributed by atoms with van der Waals surface area (Å²) in [6, 6.07) is 8.08. The Hall–Kier alpha value is -1.28. The molecule has 0 spiro atoms. The van der Waals surface area contributed by atoms with E-state index in [1.165, 1.54) is 5.56 Å². The van der Waals surface area contributed by atoms with Crippen LogP contribution in [0.3, 0.4) is 0 Å². The zero-order valence-electron chi connectivity index (χ0n) is 8.87. The molecule has 0 aliphatic heterocycles. The third-order valence-corrected chi connectivity index (χ3v) is 2.67. The van der Waals surface area contributed by atoms with Crippen molar-refractivity contribution in [1.82, 2.24) is 9.78 Å². The molecular weight excluding hydrogens is 208 g/mol. The average Bonchev–Trinajstić information content (AvgIpc) is 2.56. The maximum Gasteiger partial charge on any atom is 0.0673 e. The third kappa shape index (κ3) is 2.39. The molecule has 1 aromatic heterocycles. The number of aryl methyl sites for hydroxylation is 2. The second-order valence-electron chi connectivity index (χ2n) is 3.75. The molecule has 2 aromatic rings. The van der Waals surface area contributed by atoms with Crippen LogP contribution >= 0.6 is 11.6 Å². The van der Waals surface area contributed by atoms with Gasteiger partial charge in [-0.2, -0.15) is 5.10 Å². The van der Waals surface area contributed by atoms with Crippen molar-refractivity contribution in [3.8, 4) is 0 Å². The summed E-state index contributed by atoms with van der Waals surface area (Å²) in [6.07, 6.45) is 1.96. The molecule has 78 valence electrons. The number of halogens is 1. The molecule has 1 heterocycles. The topological polar surface area (TPSA) is 17.8 Å². The average molecular weight is 221 g/mol. The van der Waals surface area contributed by atoms with Crippen molar-refractivity contribution in [2.24, 2.45) is 0 Å². The van der Waals surface area contributed by atoms with E-state index in [0.717, 1.165) is 22.8 Å². The van der Waals surface area contributed by atoms with Crippen LogP contribution in [0, 0.1) is 13.8 Å². The lowest BCUT2D eigenvalue weighted by atomic mass is 10.1. The second-order valence-corrected chi connectivity index (χ2v) is 4.16. The first-order chi connectivity index (χ1) is 7.15. The van der Waals surface area contributed by atoms with E-state index in [2.05, 4.69) is 17.2 Å². The summed E-state index contributed by atoms with van der Waals surface area (Å²) in [7, 11) is 0. The SMILES string of the molecule is Cc1ccc(Cn2ccc(C)n2)c(Cl)c1. The quantitative estimate of drug-likeness (QED) is 0.760. The number of hydrogen-bond donors (Lipinski definition) is 0. The van der Waals surface area contributed by atoms with Gasteiger partial charge in [-0.05, 0) is 37.1 Å². The maximum atomic E-state index is 6.15. The van der Waals surface area contributed by atoms with Crippen LogP contribution in [0.5, 0.6) is 0 Å². The second kappa shape index (κ2) is 4.07. The van der Waals surface area contributed by atoms with E-state index in [-0.39, 0.29) is 0 Å². The van der Waals surface area contributed by atoms with E-state index < -0.39 is 0 Å². The molecule has 0 N–H and O–H groups in total. The maximum absolute atomic E-state index is 6.15. The smallest absolute Gasteiger partial charge is 0.0673 e. The lowest BCUT2D eigenvalue weighted by molar-refractivity contribution is 0.679. The lowest BCUT2D eigenvalue weighted by Gasteiger charge is -2.05. The zero-order valence-corrected chi connectivity index (χ0v) is 9.62. The van der Waals surface area contributed by atoms with Crippen LogP contribution in [0.2, 0.25) is 5.02 Å². The summed E-state index contributed by atoms with van der Waals surface area (Å²) in [5, 5.41) is 5.14. The Balaban J connectivity index is 2.24. The molecule has 2 rings (SSSR count). The van der Waals surface area contributed by atoms with Crippen LogP contribution < -0.4 is 0 Å². The Kier molecular flexibility index (Phi) is 2.78. The number of nitrogens with zero attached hydrogens (tertiary/aromatic N) is 2. The number of benzene rings is 1. The summed E-state index contributed by atoms with van der Waals surface area (Å²) in [5.74, 6) is 0. The molecule has 15 heavy (non-hydrogen) atoms. The highest BCUT2D eigenvalue weighted by atomic mass is 35.5. The Morgan fingerprint density at radius 1 is 1.27 bits per heavy atom. The van der Waals surface area contributed by atoms with Gasteiger partial charge < -0.3 is 0 Å². The molecule has 0 aliphatic carbocycles. The van der Waals surface area contributed by atoms with Crippen molar-refractivity contribution in [3.63, 3.8) is 0 Å². The molecule has 0 saturated carbocycles. The minimum atomic E-state index is 0.729. The first-order valence-electron chi connectivity index (χ1n) is 4.90. The van der Waals surface area contributed by atoms with Gasteiger partial charge in [-0.15, -0.1) is 0 Å². The first kappa shape index (κ1) is 10.2. The molecule has 0 amide bonds. The molecule has 0 saturated heterocycles. The molecule has 0 aliphatic rings. The van der Waals surface area contributed by atoms with E-state index in [0.29, 0.717) is 0 Å². The van der Waals surface area contributed by atoms with Gasteiger partial charge in [0.2, 0.25) is 0 Å². The Morgan fingerprint density at radius 2 is 2.07 bits per heavy atom. The monoisotopic (exact) mass is 220 g/mol. The molecule has 0 unspecified atom stereocenters. The molecule has 1 aromatic carbocycles. The highest BCUT2D eigenvalue weighted by Gasteiger charge is 2.02. The van der Waals surface area contributed by atoms with Crippen LogP contribution in [-0.4, -0.2) is 9.78 Å². The largest absolute Gasteiger partial charge is 0.268 e. The normalized spacial score (nSPS) is 10.6. The standard InChI is InChI=1S/C12H13ClN2/c1-9-3-4-11(12(13)7-9)8-15-6-5-10(2)14-15/h3-7H,8H2,1-2H3. The molecular formula is C12H13ClN2. The zero-order chi connectivity index (χ0) is 10.8. The van der Waals surface area contributed by atoms with E-state index in [1.807, 2.05) is 36.9 Å². The predicted molar refractivity (Wildman–Crippen MR) is 62.3 cm³/mol. The fourth-order valence-corrected chi connectivity index (χ4v) is 1.80. The Labute approximate surface area is 94.5 Å². The van der Waals surface area contributed by atoms with Crippen molar-refractivity contribution in [2.75, 3.05) is 0 Å². The van der Waals surface area contributed by atoms with Crippen LogP contribution in [0.4, 0.5) is 0 Å². The van der Waals surface area contributed by atoms with E-state index in [9.17, 15) is 0 Å². The van der Waals surface area contributed by atoms with Gasteiger partial charge in [-0.3, -0.25) is 4.68 Å². The van der Waals surface area contributed by atoms with Crippen LogP contribution in [-0.2, 0) is 6.54 Å². The minimum Gasteiger partial charge on any atom is -0.268 e. The summed E-state index contributed by atoms with van der Waals surface area (Å²) in [4.78, 5) is 0. The lowest BCUT2D eigenvalue weighted by Crippen LogP contribution is -2.01. The van der Waals surface area contributed by atoms with Crippen molar-refractivity contribution >= 4 is 11.6 Å². The Morgan fingerprint density at radius 3 is 2.67 bits per heavy atom. The van der Waals surface area contributed by atoms with E-state index >= 15 is 0 Å². The number of rotatable bonds is 2. The van der Waals surface area contributed by atoms with Crippen LogP contribution in [0.1, 0.15) is 16.8 Å². The first-order valence-corrected chi connectivity index (χ1v) is 5.28. The molecule has 2 nitrogen and oxygen atoms in total. The van der Waals surface area contributed by atoms with Crippen molar-refractivity contribution in [3.05, 3.63) is 52.3 Å². The summed E-state index contributed by atoms with van der Waals surface area (Å²) in [6.45, 7) is 4.74. The van der Waals surface area contributed by atoms with Crippen molar-refractivity contribution in [1.29, 1.82) is 0 Å². The number of aromatic nitrogens is 2. The van der Waals surface area contributed by atoms with E-state index in [1.54, 1.807) is 0 Å². The molecule has 0 bridgehead atoms. The van der Waals surface area contributed by atoms with Gasteiger partial charge in [-0.1, -0.05) is 23.7 Å². The fraction of sp³-hybridized carbons (Fsp3) is 0.250. The number of hydrogen-bond acceptors (Lipinski definition) is 1. The predicted octanol–water partition coefficient (Wildman–Crippen LogP) is 3.20. The van der Waals surface area contributed by atoms with Crippen molar-refractivity contribution < 1.29 is 0 Å². The fourth-order valence-electron chi connectivity index (χ4n) is 1.51. The minimum absolute atomic E-state index is 0.729. The van der Waals surface area contributed by atoms with Gasteiger partial charge in [0, 0.05) is 11.2 Å². The summed E-state index contributed by atoms with van der Waals surface area (Å²) >= 11 is 6.15. The van der Waals surface area contributed by atoms with Gasteiger partial charge in [0.05, 0.1) is 12.2 Å². The van der Waals surface area contributed by atoms with Crippen LogP contribution in [0.25, 0.3) is 0 Å². The van der Waals surface area contributed by atoms with E-state index in [4.69, 9.17) is 11.6 Å². The van der Waals surface area contributed by atoms with Gasteiger partial charge in [0.15, 0.2) is 0 Å². The Bertz CT molecular complexity index is 474. The highest BCUT2D eigenvalue weighted by Crippen LogP contribution is 2.18. The molecule has 0 fully saturated rings.